The van der Waals surface area contributed by atoms with Crippen LogP contribution in [-0.4, -0.2) is 23.3 Å². The molecule has 0 aliphatic rings. The Kier molecular flexibility index (Phi) is 4.39. The lowest BCUT2D eigenvalue weighted by atomic mass is 10.3. The monoisotopic (exact) mass is 291 g/mol. The Labute approximate surface area is 113 Å². The fourth-order valence-corrected chi connectivity index (χ4v) is 2.77. The van der Waals surface area contributed by atoms with Crippen LogP contribution < -0.4 is 5.32 Å². The standard InChI is InChI=1S/C10H11Cl2N3OS/c1-2-13-4-3-8-14-15-10(16-8)6-5-7(11)17-9(6)12/h5,13H,2-4H2,1H3. The number of hydrogen-bond acceptors (Lipinski definition) is 5. The highest BCUT2D eigenvalue weighted by Gasteiger charge is 2.14. The molecule has 0 spiro atoms. The van der Waals surface area contributed by atoms with Gasteiger partial charge in [-0.1, -0.05) is 30.1 Å². The van der Waals surface area contributed by atoms with Crippen molar-refractivity contribution in [1.29, 1.82) is 0 Å². The molecule has 7 heteroatoms. The van der Waals surface area contributed by atoms with E-state index in [4.69, 9.17) is 27.6 Å². The molecule has 0 bridgehead atoms. The molecule has 2 aromatic heterocycles. The van der Waals surface area contributed by atoms with Crippen LogP contribution in [0.3, 0.4) is 0 Å². The molecule has 4 nitrogen and oxygen atoms in total. The van der Waals surface area contributed by atoms with Crippen molar-refractivity contribution in [1.82, 2.24) is 15.5 Å². The quantitative estimate of drug-likeness (QED) is 0.859. The van der Waals surface area contributed by atoms with Gasteiger partial charge in [0, 0.05) is 13.0 Å². The van der Waals surface area contributed by atoms with Crippen LogP contribution in [-0.2, 0) is 6.42 Å². The molecule has 92 valence electrons. The Morgan fingerprint density at radius 3 is 2.88 bits per heavy atom. The molecular formula is C10H11Cl2N3OS. The summed E-state index contributed by atoms with van der Waals surface area (Å²) in [5.41, 5.74) is 0.698. The van der Waals surface area contributed by atoms with Crippen molar-refractivity contribution in [3.05, 3.63) is 20.6 Å². The first kappa shape index (κ1) is 12.8. The largest absolute Gasteiger partial charge is 0.421 e. The van der Waals surface area contributed by atoms with E-state index in [-0.39, 0.29) is 0 Å². The first-order valence-corrected chi connectivity index (χ1v) is 6.76. The Morgan fingerprint density at radius 1 is 1.41 bits per heavy atom. The minimum Gasteiger partial charge on any atom is -0.421 e. The highest BCUT2D eigenvalue weighted by molar-refractivity contribution is 7.20. The normalized spacial score (nSPS) is 11.0. The number of aromatic nitrogens is 2. The van der Waals surface area contributed by atoms with Crippen LogP contribution in [0.25, 0.3) is 11.5 Å². The maximum Gasteiger partial charge on any atom is 0.250 e. The molecule has 0 aliphatic heterocycles. The van der Waals surface area contributed by atoms with E-state index in [1.165, 1.54) is 11.3 Å². The summed E-state index contributed by atoms with van der Waals surface area (Å²) in [4.78, 5) is 0. The second kappa shape index (κ2) is 5.82. The molecule has 2 rings (SSSR count). The first-order chi connectivity index (χ1) is 8.20. The second-order valence-corrected chi connectivity index (χ2v) is 5.63. The number of nitrogens with zero attached hydrogens (tertiary/aromatic N) is 2. The van der Waals surface area contributed by atoms with Crippen molar-refractivity contribution in [2.24, 2.45) is 0 Å². The van der Waals surface area contributed by atoms with Gasteiger partial charge in [-0.15, -0.1) is 21.5 Å². The van der Waals surface area contributed by atoms with Crippen LogP contribution in [0.5, 0.6) is 0 Å². The topological polar surface area (TPSA) is 51.0 Å². The van der Waals surface area contributed by atoms with Crippen molar-refractivity contribution < 1.29 is 4.42 Å². The molecule has 2 aromatic rings. The molecule has 0 unspecified atom stereocenters. The van der Waals surface area contributed by atoms with Gasteiger partial charge in [-0.2, -0.15) is 0 Å². The SMILES string of the molecule is CCNCCc1nnc(-c2cc(Cl)sc2Cl)o1. The Balaban J connectivity index is 2.10. The average molecular weight is 292 g/mol. The van der Waals surface area contributed by atoms with E-state index in [0.29, 0.717) is 32.4 Å². The maximum absolute atomic E-state index is 6.01. The summed E-state index contributed by atoms with van der Waals surface area (Å²) in [6.45, 7) is 3.79. The summed E-state index contributed by atoms with van der Waals surface area (Å²) in [5, 5.41) is 11.1. The number of halogens is 2. The first-order valence-electron chi connectivity index (χ1n) is 5.19. The van der Waals surface area contributed by atoms with E-state index in [1.54, 1.807) is 6.07 Å². The van der Waals surface area contributed by atoms with E-state index in [9.17, 15) is 0 Å². The molecular weight excluding hydrogens is 281 g/mol. The number of thiophene rings is 1. The van der Waals surface area contributed by atoms with Gasteiger partial charge in [-0.25, -0.2) is 0 Å². The van der Waals surface area contributed by atoms with Crippen LogP contribution in [0.15, 0.2) is 10.5 Å². The third kappa shape index (κ3) is 3.19. The van der Waals surface area contributed by atoms with Crippen molar-refractivity contribution >= 4 is 34.5 Å². The summed E-state index contributed by atoms with van der Waals surface area (Å²) < 4.78 is 6.69. The van der Waals surface area contributed by atoms with Crippen LogP contribution >= 0.6 is 34.5 Å². The van der Waals surface area contributed by atoms with E-state index in [0.717, 1.165) is 13.1 Å². The minimum atomic E-state index is 0.421. The molecule has 0 aliphatic carbocycles. The molecule has 0 atom stereocenters. The smallest absolute Gasteiger partial charge is 0.250 e. The van der Waals surface area contributed by atoms with Gasteiger partial charge in [0.2, 0.25) is 11.8 Å². The van der Waals surface area contributed by atoms with Crippen LogP contribution in [0.4, 0.5) is 0 Å². The predicted molar refractivity (Wildman–Crippen MR) is 69.9 cm³/mol. The number of hydrogen-bond donors (Lipinski definition) is 1. The summed E-state index contributed by atoms with van der Waals surface area (Å²) >= 11 is 13.2. The fourth-order valence-electron chi connectivity index (χ4n) is 1.32. The lowest BCUT2D eigenvalue weighted by Gasteiger charge is -1.95. The van der Waals surface area contributed by atoms with E-state index >= 15 is 0 Å². The molecule has 0 fully saturated rings. The molecule has 17 heavy (non-hydrogen) atoms. The zero-order chi connectivity index (χ0) is 12.3. The zero-order valence-corrected chi connectivity index (χ0v) is 11.5. The van der Waals surface area contributed by atoms with Gasteiger partial charge in [-0.3, -0.25) is 0 Å². The van der Waals surface area contributed by atoms with E-state index < -0.39 is 0 Å². The van der Waals surface area contributed by atoms with Gasteiger partial charge >= 0.3 is 0 Å². The molecule has 0 radical (unpaired) electrons. The third-order valence-electron chi connectivity index (χ3n) is 2.12. The van der Waals surface area contributed by atoms with Crippen molar-refractivity contribution in [2.45, 2.75) is 13.3 Å². The van der Waals surface area contributed by atoms with Crippen LogP contribution in [0, 0.1) is 0 Å². The van der Waals surface area contributed by atoms with Crippen LogP contribution in [0.1, 0.15) is 12.8 Å². The lowest BCUT2D eigenvalue weighted by Crippen LogP contribution is -2.16. The van der Waals surface area contributed by atoms with Gasteiger partial charge < -0.3 is 9.73 Å². The van der Waals surface area contributed by atoms with Gasteiger partial charge in [0.15, 0.2) is 0 Å². The van der Waals surface area contributed by atoms with Gasteiger partial charge in [-0.05, 0) is 12.6 Å². The average Bonchev–Trinajstić information content (AvgIpc) is 2.86. The van der Waals surface area contributed by atoms with Gasteiger partial charge in [0.1, 0.15) is 4.34 Å². The molecule has 0 aromatic carbocycles. The number of nitrogens with one attached hydrogen (secondary N) is 1. The van der Waals surface area contributed by atoms with E-state index in [1.807, 2.05) is 6.92 Å². The highest BCUT2D eigenvalue weighted by Crippen LogP contribution is 2.37. The molecule has 0 amide bonds. The van der Waals surface area contributed by atoms with Crippen LogP contribution in [0.2, 0.25) is 8.67 Å². The predicted octanol–water partition coefficient (Wildman–Crippen LogP) is 3.26. The summed E-state index contributed by atoms with van der Waals surface area (Å²) in [5.74, 6) is 1.02. The third-order valence-corrected chi connectivity index (χ3v) is 3.61. The molecule has 2 heterocycles. The van der Waals surface area contributed by atoms with Gasteiger partial charge in [0.05, 0.1) is 9.90 Å². The van der Waals surface area contributed by atoms with Gasteiger partial charge in [0.25, 0.3) is 0 Å². The van der Waals surface area contributed by atoms with E-state index in [2.05, 4.69) is 15.5 Å². The summed E-state index contributed by atoms with van der Waals surface area (Å²) in [7, 11) is 0. The van der Waals surface area contributed by atoms with Crippen molar-refractivity contribution in [2.75, 3.05) is 13.1 Å². The summed E-state index contributed by atoms with van der Waals surface area (Å²) in [6.07, 6.45) is 0.705. The molecule has 1 N–H and O–H groups in total. The maximum atomic E-state index is 6.01. The highest BCUT2D eigenvalue weighted by atomic mass is 35.5. The van der Waals surface area contributed by atoms with Crippen molar-refractivity contribution in [3.8, 4) is 11.5 Å². The van der Waals surface area contributed by atoms with Crippen molar-refractivity contribution in [3.63, 3.8) is 0 Å². The Bertz CT molecular complexity index is 497. The molecule has 0 saturated carbocycles. The lowest BCUT2D eigenvalue weighted by molar-refractivity contribution is 0.497. The zero-order valence-electron chi connectivity index (χ0n) is 9.17. The minimum absolute atomic E-state index is 0.421. The Morgan fingerprint density at radius 2 is 2.24 bits per heavy atom. The second-order valence-electron chi connectivity index (χ2n) is 3.34. The Hall–Kier alpha value is -0.620. The summed E-state index contributed by atoms with van der Waals surface area (Å²) in [6, 6.07) is 1.73. The molecule has 0 saturated heterocycles. The fraction of sp³-hybridized carbons (Fsp3) is 0.400. The number of rotatable bonds is 5. The number of likely N-dealkylation sites (N-methyl/N-ethyl adjacent to an activating group) is 1.